The summed E-state index contributed by atoms with van der Waals surface area (Å²) in [7, 11) is -1.63. The number of benzene rings is 1. The molecule has 2 rings (SSSR count). The third kappa shape index (κ3) is 8.08. The molecule has 1 aliphatic carbocycles. The van der Waals surface area contributed by atoms with Crippen molar-refractivity contribution in [2.24, 2.45) is 5.41 Å². The Morgan fingerprint density at radius 1 is 1.27 bits per heavy atom. The highest BCUT2D eigenvalue weighted by molar-refractivity contribution is 7.91. The van der Waals surface area contributed by atoms with E-state index in [1.54, 1.807) is 14.0 Å². The minimum atomic E-state index is -3.27. The molecule has 8 nitrogen and oxygen atoms in total. The van der Waals surface area contributed by atoms with Crippen molar-refractivity contribution in [1.82, 2.24) is 10.9 Å². The molecule has 1 aromatic carbocycles. The molecule has 0 saturated heterocycles. The number of esters is 1. The van der Waals surface area contributed by atoms with Gasteiger partial charge < -0.3 is 9.84 Å². The summed E-state index contributed by atoms with van der Waals surface area (Å²) in [6, 6.07) is 7.71. The lowest BCUT2D eigenvalue weighted by Gasteiger charge is -2.30. The van der Waals surface area contributed by atoms with Crippen LogP contribution in [0.2, 0.25) is 0 Å². The molecule has 1 aromatic rings. The number of aliphatic hydroxyl groups is 1. The first-order chi connectivity index (χ1) is 15.6. The predicted octanol–water partition coefficient (Wildman–Crippen LogP) is 2.05. The minimum absolute atomic E-state index is 0.101. The van der Waals surface area contributed by atoms with Gasteiger partial charge in [0, 0.05) is 13.5 Å². The van der Waals surface area contributed by atoms with Crippen molar-refractivity contribution in [3.8, 4) is 0 Å². The molecule has 0 aliphatic heterocycles. The molecule has 1 amide bonds. The molecule has 0 spiro atoms. The zero-order valence-corrected chi connectivity index (χ0v) is 20.8. The zero-order valence-electron chi connectivity index (χ0n) is 20.0. The van der Waals surface area contributed by atoms with Crippen LogP contribution in [0, 0.1) is 5.41 Å². The summed E-state index contributed by atoms with van der Waals surface area (Å²) in [4.78, 5) is 24.8. The van der Waals surface area contributed by atoms with Gasteiger partial charge in [0.15, 0.2) is 9.84 Å². The number of nitrogens with one attached hydrogen (secondary N) is 2. The second-order valence-corrected chi connectivity index (χ2v) is 11.4. The fourth-order valence-corrected chi connectivity index (χ4v) is 6.12. The molecule has 1 fully saturated rings. The van der Waals surface area contributed by atoms with Crippen LogP contribution in [0.15, 0.2) is 24.3 Å². The number of aliphatic hydroxyl groups excluding tert-OH is 1. The second-order valence-electron chi connectivity index (χ2n) is 9.21. The van der Waals surface area contributed by atoms with Gasteiger partial charge >= 0.3 is 5.97 Å². The maximum Gasteiger partial charge on any atom is 0.306 e. The predicted molar refractivity (Wildman–Crippen MR) is 127 cm³/mol. The van der Waals surface area contributed by atoms with Crippen molar-refractivity contribution >= 4 is 21.7 Å². The van der Waals surface area contributed by atoms with Crippen molar-refractivity contribution in [2.45, 2.75) is 64.2 Å². The van der Waals surface area contributed by atoms with Gasteiger partial charge in [0.05, 0.1) is 30.1 Å². The summed E-state index contributed by atoms with van der Waals surface area (Å²) in [5, 5.41) is 9.00. The molecule has 186 valence electrons. The second kappa shape index (κ2) is 11.9. The summed E-state index contributed by atoms with van der Waals surface area (Å²) in [6.07, 6.45) is 4.52. The summed E-state index contributed by atoms with van der Waals surface area (Å²) < 4.78 is 29.4. The normalized spacial score (nSPS) is 16.6. The molecule has 0 bridgehead atoms. The number of hydrogen-bond acceptors (Lipinski definition) is 7. The molecule has 33 heavy (non-hydrogen) atoms. The van der Waals surface area contributed by atoms with E-state index in [1.165, 1.54) is 0 Å². The Labute approximate surface area is 197 Å². The lowest BCUT2D eigenvalue weighted by Crippen LogP contribution is -2.47. The van der Waals surface area contributed by atoms with Crippen LogP contribution in [0.1, 0.15) is 63.5 Å². The number of hydrazine groups is 1. The van der Waals surface area contributed by atoms with Crippen molar-refractivity contribution in [2.75, 3.05) is 31.8 Å². The van der Waals surface area contributed by atoms with Crippen LogP contribution in [0.4, 0.5) is 0 Å². The highest BCUT2D eigenvalue weighted by atomic mass is 32.2. The lowest BCUT2D eigenvalue weighted by molar-refractivity contribution is -0.143. The van der Waals surface area contributed by atoms with E-state index in [-0.39, 0.29) is 41.8 Å². The summed E-state index contributed by atoms with van der Waals surface area (Å²) in [5.41, 5.74) is 6.18. The highest BCUT2D eigenvalue weighted by Crippen LogP contribution is 2.51. The fraction of sp³-hybridized carbons (Fsp3) is 0.667. The summed E-state index contributed by atoms with van der Waals surface area (Å²) >= 11 is 0. The van der Waals surface area contributed by atoms with Gasteiger partial charge in [0.2, 0.25) is 5.91 Å². The van der Waals surface area contributed by atoms with Gasteiger partial charge in [-0.2, -0.15) is 0 Å². The number of aryl methyl sites for hydroxylation is 1. The van der Waals surface area contributed by atoms with Crippen molar-refractivity contribution < 1.29 is 27.9 Å². The lowest BCUT2D eigenvalue weighted by atomic mass is 9.76. The Kier molecular flexibility index (Phi) is 9.87. The smallest absolute Gasteiger partial charge is 0.306 e. The van der Waals surface area contributed by atoms with Crippen LogP contribution in [0.25, 0.3) is 0 Å². The first-order valence-corrected chi connectivity index (χ1v) is 13.5. The number of amides is 1. The number of carbonyl (C=O) groups is 2. The van der Waals surface area contributed by atoms with Crippen LogP contribution in [-0.4, -0.2) is 57.2 Å². The van der Waals surface area contributed by atoms with E-state index in [1.807, 2.05) is 31.2 Å². The molecule has 3 N–H and O–H groups in total. The number of carbonyl (C=O) groups excluding carboxylic acids is 2. The largest absolute Gasteiger partial charge is 0.466 e. The Bertz CT molecular complexity index is 913. The fourth-order valence-electron chi connectivity index (χ4n) is 4.33. The quantitative estimate of drug-likeness (QED) is 0.258. The van der Waals surface area contributed by atoms with E-state index in [9.17, 15) is 18.0 Å². The SMILES string of the molecule is CCOC(=O)CCc1cccc(C(C)(CCCC2(CS(=O)(=O)CCO)CC2)C(=O)NNC)c1. The van der Waals surface area contributed by atoms with Gasteiger partial charge in [-0.15, -0.1) is 0 Å². The zero-order chi connectivity index (χ0) is 24.5. The van der Waals surface area contributed by atoms with Gasteiger partial charge in [-0.05, 0) is 62.5 Å². The van der Waals surface area contributed by atoms with E-state index in [2.05, 4.69) is 10.9 Å². The molecule has 0 aromatic heterocycles. The standard InChI is InChI=1S/C24H38N2O6S/c1-4-32-21(28)10-9-19-7-5-8-20(17-19)23(2,22(29)26-25-3)11-6-12-24(13-14-24)18-33(30,31)16-15-27/h5,7-8,17,25,27H,4,6,9-16,18H2,1-3H3,(H,26,29). The number of sulfone groups is 1. The number of hydrogen-bond donors (Lipinski definition) is 3. The summed E-state index contributed by atoms with van der Waals surface area (Å²) in [6.45, 7) is 3.67. The number of rotatable bonds is 15. The van der Waals surface area contributed by atoms with Crippen molar-refractivity contribution in [1.29, 1.82) is 0 Å². The van der Waals surface area contributed by atoms with E-state index < -0.39 is 15.3 Å². The van der Waals surface area contributed by atoms with Crippen LogP contribution in [0.3, 0.4) is 0 Å². The minimum Gasteiger partial charge on any atom is -0.466 e. The van der Waals surface area contributed by atoms with Gasteiger partial charge in [0.1, 0.15) is 0 Å². The molecule has 0 radical (unpaired) electrons. The third-order valence-electron chi connectivity index (χ3n) is 6.50. The molecule has 1 aliphatic rings. The topological polar surface area (TPSA) is 122 Å². The average Bonchev–Trinajstić information content (AvgIpc) is 3.51. The molecule has 1 saturated carbocycles. The average molecular weight is 483 g/mol. The Morgan fingerprint density at radius 3 is 2.61 bits per heavy atom. The van der Waals surface area contributed by atoms with Crippen LogP contribution in [0.5, 0.6) is 0 Å². The Morgan fingerprint density at radius 2 is 2.00 bits per heavy atom. The van der Waals surface area contributed by atoms with Gasteiger partial charge in [-0.1, -0.05) is 30.7 Å². The van der Waals surface area contributed by atoms with Crippen LogP contribution >= 0.6 is 0 Å². The highest BCUT2D eigenvalue weighted by Gasteiger charge is 2.46. The molecular formula is C24H38N2O6S. The molecule has 1 atom stereocenters. The molecular weight excluding hydrogens is 444 g/mol. The first-order valence-electron chi connectivity index (χ1n) is 11.6. The Balaban J connectivity index is 2.11. The molecule has 0 heterocycles. The first kappa shape index (κ1) is 27.3. The van der Waals surface area contributed by atoms with Gasteiger partial charge in [-0.3, -0.25) is 15.0 Å². The van der Waals surface area contributed by atoms with Gasteiger partial charge in [-0.25, -0.2) is 13.8 Å². The van der Waals surface area contributed by atoms with Crippen molar-refractivity contribution in [3.05, 3.63) is 35.4 Å². The van der Waals surface area contributed by atoms with E-state index in [4.69, 9.17) is 9.84 Å². The van der Waals surface area contributed by atoms with E-state index >= 15 is 0 Å². The van der Waals surface area contributed by atoms with Crippen LogP contribution < -0.4 is 10.9 Å². The maximum atomic E-state index is 13.0. The maximum absolute atomic E-state index is 13.0. The third-order valence-corrected chi connectivity index (χ3v) is 8.35. The Hall–Kier alpha value is -1.97. The van der Waals surface area contributed by atoms with E-state index in [0.717, 1.165) is 30.4 Å². The van der Waals surface area contributed by atoms with E-state index in [0.29, 0.717) is 25.9 Å². The molecule has 1 unspecified atom stereocenters. The van der Waals surface area contributed by atoms with Crippen LogP contribution in [-0.2, 0) is 36.0 Å². The van der Waals surface area contributed by atoms with Crippen molar-refractivity contribution in [3.63, 3.8) is 0 Å². The monoisotopic (exact) mass is 482 g/mol. The van der Waals surface area contributed by atoms with Gasteiger partial charge in [0.25, 0.3) is 0 Å². The number of ether oxygens (including phenoxy) is 1. The molecule has 9 heteroatoms. The summed E-state index contributed by atoms with van der Waals surface area (Å²) in [5.74, 6) is -0.506.